The van der Waals surface area contributed by atoms with Crippen LogP contribution in [0.2, 0.25) is 0 Å². The first-order valence-electron chi connectivity index (χ1n) is 8.72. The van der Waals surface area contributed by atoms with Crippen molar-refractivity contribution in [3.8, 4) is 0 Å². The van der Waals surface area contributed by atoms with Gasteiger partial charge in [0, 0.05) is 25.0 Å². The monoisotopic (exact) mass is 292 g/mol. The molecule has 4 heteroatoms. The van der Waals surface area contributed by atoms with Gasteiger partial charge in [-0.3, -0.25) is 9.59 Å². The van der Waals surface area contributed by atoms with E-state index in [1.807, 2.05) is 4.90 Å². The Morgan fingerprint density at radius 1 is 0.952 bits per heavy atom. The number of likely N-dealkylation sites (tertiary alicyclic amines) is 1. The summed E-state index contributed by atoms with van der Waals surface area (Å²) in [5.74, 6) is 1.56. The third-order valence-electron chi connectivity index (χ3n) is 5.39. The number of amides is 2. The molecule has 0 radical (unpaired) electrons. The molecular weight excluding hydrogens is 264 g/mol. The standard InChI is InChI=1S/C17H28N2O2/c1-12-4-8-15(9-5-12)18-16(20)14-3-2-10-19(11-14)17(21)13-6-7-13/h12-15H,2-11H2,1H3,(H,18,20)/t12?,14-,15?/m0/s1. The molecule has 21 heavy (non-hydrogen) atoms. The Bertz CT molecular complexity index is 398. The zero-order valence-electron chi connectivity index (χ0n) is 13.1. The summed E-state index contributed by atoms with van der Waals surface area (Å²) in [4.78, 5) is 26.5. The van der Waals surface area contributed by atoms with Gasteiger partial charge in [-0.1, -0.05) is 6.92 Å². The van der Waals surface area contributed by atoms with Crippen molar-refractivity contribution in [2.45, 2.75) is 64.3 Å². The van der Waals surface area contributed by atoms with E-state index in [9.17, 15) is 9.59 Å². The third kappa shape index (κ3) is 3.78. The Hall–Kier alpha value is -1.06. The summed E-state index contributed by atoms with van der Waals surface area (Å²) >= 11 is 0. The van der Waals surface area contributed by atoms with Crippen molar-refractivity contribution in [2.24, 2.45) is 17.8 Å². The van der Waals surface area contributed by atoms with Crippen molar-refractivity contribution in [1.82, 2.24) is 10.2 Å². The van der Waals surface area contributed by atoms with Crippen LogP contribution in [0, 0.1) is 17.8 Å². The molecule has 0 bridgehead atoms. The van der Waals surface area contributed by atoms with E-state index in [2.05, 4.69) is 12.2 Å². The van der Waals surface area contributed by atoms with Gasteiger partial charge in [0.05, 0.1) is 5.92 Å². The predicted molar refractivity (Wildman–Crippen MR) is 81.6 cm³/mol. The Labute approximate surface area is 127 Å². The lowest BCUT2D eigenvalue weighted by Crippen LogP contribution is -2.48. The molecule has 1 N–H and O–H groups in total. The number of piperidine rings is 1. The molecule has 3 rings (SSSR count). The molecule has 3 aliphatic rings. The van der Waals surface area contributed by atoms with E-state index in [4.69, 9.17) is 0 Å². The smallest absolute Gasteiger partial charge is 0.225 e. The van der Waals surface area contributed by atoms with Crippen LogP contribution < -0.4 is 5.32 Å². The van der Waals surface area contributed by atoms with Crippen LogP contribution in [-0.2, 0) is 9.59 Å². The van der Waals surface area contributed by atoms with Crippen molar-refractivity contribution in [1.29, 1.82) is 0 Å². The third-order valence-corrected chi connectivity index (χ3v) is 5.39. The zero-order chi connectivity index (χ0) is 14.8. The van der Waals surface area contributed by atoms with Gasteiger partial charge in [-0.25, -0.2) is 0 Å². The lowest BCUT2D eigenvalue weighted by atomic mass is 9.87. The van der Waals surface area contributed by atoms with Gasteiger partial charge in [-0.2, -0.15) is 0 Å². The van der Waals surface area contributed by atoms with E-state index in [-0.39, 0.29) is 17.7 Å². The normalized spacial score (nSPS) is 33.6. The maximum Gasteiger partial charge on any atom is 0.225 e. The van der Waals surface area contributed by atoms with Crippen LogP contribution in [-0.4, -0.2) is 35.8 Å². The molecule has 118 valence electrons. The predicted octanol–water partition coefficient (Wildman–Crippen LogP) is 2.33. The number of carbonyl (C=O) groups excluding carboxylic acids is 2. The maximum absolute atomic E-state index is 12.5. The molecule has 0 aromatic carbocycles. The molecule has 1 atom stereocenters. The fourth-order valence-electron chi connectivity index (χ4n) is 3.70. The lowest BCUT2D eigenvalue weighted by Gasteiger charge is -2.34. The molecule has 1 heterocycles. The van der Waals surface area contributed by atoms with E-state index in [0.717, 1.165) is 51.0 Å². The Morgan fingerprint density at radius 3 is 2.33 bits per heavy atom. The maximum atomic E-state index is 12.5. The summed E-state index contributed by atoms with van der Waals surface area (Å²) in [5.41, 5.74) is 0. The number of nitrogens with zero attached hydrogens (tertiary/aromatic N) is 1. The molecular formula is C17H28N2O2. The van der Waals surface area contributed by atoms with Crippen LogP contribution in [0.3, 0.4) is 0 Å². The molecule has 2 saturated carbocycles. The minimum absolute atomic E-state index is 0.0146. The van der Waals surface area contributed by atoms with Crippen LogP contribution in [0.25, 0.3) is 0 Å². The minimum Gasteiger partial charge on any atom is -0.353 e. The quantitative estimate of drug-likeness (QED) is 0.868. The first-order valence-corrected chi connectivity index (χ1v) is 8.72. The van der Waals surface area contributed by atoms with E-state index >= 15 is 0 Å². The van der Waals surface area contributed by atoms with E-state index in [0.29, 0.717) is 18.5 Å². The molecule has 0 spiro atoms. The van der Waals surface area contributed by atoms with Crippen molar-refractivity contribution >= 4 is 11.8 Å². The van der Waals surface area contributed by atoms with Gasteiger partial charge in [0.15, 0.2) is 0 Å². The van der Waals surface area contributed by atoms with Gasteiger partial charge in [0.2, 0.25) is 11.8 Å². The van der Waals surface area contributed by atoms with Crippen LogP contribution in [0.5, 0.6) is 0 Å². The van der Waals surface area contributed by atoms with Crippen LogP contribution in [0.1, 0.15) is 58.3 Å². The van der Waals surface area contributed by atoms with Crippen molar-refractivity contribution in [3.63, 3.8) is 0 Å². The number of carbonyl (C=O) groups is 2. The highest BCUT2D eigenvalue weighted by Crippen LogP contribution is 2.32. The molecule has 1 saturated heterocycles. The van der Waals surface area contributed by atoms with Crippen LogP contribution in [0.15, 0.2) is 0 Å². The highest BCUT2D eigenvalue weighted by molar-refractivity contribution is 5.83. The average Bonchev–Trinajstić information content (AvgIpc) is 3.34. The molecule has 2 amide bonds. The summed E-state index contributed by atoms with van der Waals surface area (Å²) in [6.07, 6.45) is 8.68. The second kappa shape index (κ2) is 6.37. The summed E-state index contributed by atoms with van der Waals surface area (Å²) in [6, 6.07) is 0.364. The number of hydrogen-bond acceptors (Lipinski definition) is 2. The van der Waals surface area contributed by atoms with Crippen LogP contribution >= 0.6 is 0 Å². The topological polar surface area (TPSA) is 49.4 Å². The molecule has 0 aromatic heterocycles. The first-order chi connectivity index (χ1) is 10.1. The fraction of sp³-hybridized carbons (Fsp3) is 0.882. The van der Waals surface area contributed by atoms with Gasteiger partial charge in [0.1, 0.15) is 0 Å². The lowest BCUT2D eigenvalue weighted by molar-refractivity contribution is -0.137. The van der Waals surface area contributed by atoms with Gasteiger partial charge in [-0.15, -0.1) is 0 Å². The Kier molecular flexibility index (Phi) is 4.51. The molecule has 0 unspecified atom stereocenters. The van der Waals surface area contributed by atoms with Crippen molar-refractivity contribution in [2.75, 3.05) is 13.1 Å². The summed E-state index contributed by atoms with van der Waals surface area (Å²) in [7, 11) is 0. The highest BCUT2D eigenvalue weighted by atomic mass is 16.2. The number of nitrogens with one attached hydrogen (secondary N) is 1. The Morgan fingerprint density at radius 2 is 1.67 bits per heavy atom. The van der Waals surface area contributed by atoms with Crippen molar-refractivity contribution in [3.05, 3.63) is 0 Å². The molecule has 0 aromatic rings. The largest absolute Gasteiger partial charge is 0.353 e. The summed E-state index contributed by atoms with van der Waals surface area (Å²) in [5, 5.41) is 3.24. The second-order valence-electron chi connectivity index (χ2n) is 7.36. The average molecular weight is 292 g/mol. The Balaban J connectivity index is 1.48. The van der Waals surface area contributed by atoms with E-state index < -0.39 is 0 Å². The summed E-state index contributed by atoms with van der Waals surface area (Å²) in [6.45, 7) is 3.78. The van der Waals surface area contributed by atoms with Gasteiger partial charge < -0.3 is 10.2 Å². The van der Waals surface area contributed by atoms with Crippen molar-refractivity contribution < 1.29 is 9.59 Å². The van der Waals surface area contributed by atoms with Gasteiger partial charge in [-0.05, 0) is 57.3 Å². The molecule has 4 nitrogen and oxygen atoms in total. The van der Waals surface area contributed by atoms with E-state index in [1.54, 1.807) is 0 Å². The summed E-state index contributed by atoms with van der Waals surface area (Å²) < 4.78 is 0. The van der Waals surface area contributed by atoms with Gasteiger partial charge >= 0.3 is 0 Å². The highest BCUT2D eigenvalue weighted by Gasteiger charge is 2.37. The zero-order valence-corrected chi connectivity index (χ0v) is 13.1. The molecule has 1 aliphatic heterocycles. The van der Waals surface area contributed by atoms with Crippen LogP contribution in [0.4, 0.5) is 0 Å². The fourth-order valence-corrected chi connectivity index (χ4v) is 3.70. The number of rotatable bonds is 3. The number of hydrogen-bond donors (Lipinski definition) is 1. The van der Waals surface area contributed by atoms with E-state index in [1.165, 1.54) is 12.8 Å². The second-order valence-corrected chi connectivity index (χ2v) is 7.36. The molecule has 2 aliphatic carbocycles. The van der Waals surface area contributed by atoms with Gasteiger partial charge in [0.25, 0.3) is 0 Å². The minimum atomic E-state index is 0.0146. The molecule has 3 fully saturated rings. The SMILES string of the molecule is CC1CCC(NC(=O)[C@H]2CCCN(C(=O)C3CC3)C2)CC1. The first kappa shape index (κ1) is 14.9.